The van der Waals surface area contributed by atoms with Crippen LogP contribution < -0.4 is 0 Å². The molecule has 0 amide bonds. The van der Waals surface area contributed by atoms with Crippen molar-refractivity contribution in [3.63, 3.8) is 0 Å². The fourth-order valence-corrected chi connectivity index (χ4v) is 2.75. The van der Waals surface area contributed by atoms with Crippen molar-refractivity contribution in [1.82, 2.24) is 0 Å². The molecular formula is C16H18O2S. The van der Waals surface area contributed by atoms with E-state index in [0.717, 1.165) is 16.0 Å². The molecule has 0 radical (unpaired) electrons. The van der Waals surface area contributed by atoms with E-state index in [4.69, 9.17) is 0 Å². The molecule has 0 saturated carbocycles. The van der Waals surface area contributed by atoms with Crippen molar-refractivity contribution in [3.8, 4) is 0 Å². The maximum absolute atomic E-state index is 10.1. The van der Waals surface area contributed by atoms with Crippen LogP contribution in [0.15, 0.2) is 59.5 Å². The average Bonchev–Trinajstić information content (AvgIpc) is 2.46. The predicted octanol–water partition coefficient (Wildman–Crippen LogP) is 3.57. The Bertz CT molecular complexity index is 511. The highest BCUT2D eigenvalue weighted by Gasteiger charge is 2.08. The summed E-state index contributed by atoms with van der Waals surface area (Å²) in [6.45, 7) is 1.75. The zero-order valence-electron chi connectivity index (χ0n) is 10.9. The minimum atomic E-state index is -0.471. The largest absolute Gasteiger partial charge is 0.389 e. The van der Waals surface area contributed by atoms with Crippen molar-refractivity contribution < 1.29 is 10.2 Å². The lowest BCUT2D eigenvalue weighted by Crippen LogP contribution is -2.00. The summed E-state index contributed by atoms with van der Waals surface area (Å²) in [6, 6.07) is 17.4. The SMILES string of the molecule is CC(O)c1cccc(SCC(O)c2ccccc2)c1. The molecule has 0 spiro atoms. The quantitative estimate of drug-likeness (QED) is 0.819. The van der Waals surface area contributed by atoms with Gasteiger partial charge in [-0.3, -0.25) is 0 Å². The van der Waals surface area contributed by atoms with Crippen molar-refractivity contribution in [2.24, 2.45) is 0 Å². The maximum atomic E-state index is 10.1. The maximum Gasteiger partial charge on any atom is 0.0883 e. The van der Waals surface area contributed by atoms with Gasteiger partial charge in [-0.1, -0.05) is 42.5 Å². The molecule has 19 heavy (non-hydrogen) atoms. The van der Waals surface area contributed by atoms with Gasteiger partial charge in [0.25, 0.3) is 0 Å². The molecule has 2 aromatic carbocycles. The zero-order valence-corrected chi connectivity index (χ0v) is 11.7. The lowest BCUT2D eigenvalue weighted by Gasteiger charge is -2.11. The number of aliphatic hydroxyl groups is 2. The van der Waals surface area contributed by atoms with E-state index in [2.05, 4.69) is 0 Å². The molecule has 0 aliphatic heterocycles. The molecule has 2 rings (SSSR count). The van der Waals surface area contributed by atoms with Gasteiger partial charge in [-0.2, -0.15) is 0 Å². The summed E-state index contributed by atoms with van der Waals surface area (Å²) in [5.41, 5.74) is 1.83. The minimum absolute atomic E-state index is 0.459. The van der Waals surface area contributed by atoms with Crippen LogP contribution >= 0.6 is 11.8 Å². The highest BCUT2D eigenvalue weighted by molar-refractivity contribution is 7.99. The average molecular weight is 274 g/mol. The third-order valence-electron chi connectivity index (χ3n) is 2.93. The summed E-state index contributed by atoms with van der Waals surface area (Å²) in [5, 5.41) is 19.6. The van der Waals surface area contributed by atoms with E-state index in [1.807, 2.05) is 54.6 Å². The second-order valence-corrected chi connectivity index (χ2v) is 5.58. The first-order valence-corrected chi connectivity index (χ1v) is 7.29. The molecule has 2 aromatic rings. The molecule has 100 valence electrons. The highest BCUT2D eigenvalue weighted by Crippen LogP contribution is 2.26. The van der Waals surface area contributed by atoms with E-state index in [0.29, 0.717) is 5.75 Å². The third kappa shape index (κ3) is 4.10. The molecule has 0 aliphatic rings. The minimum Gasteiger partial charge on any atom is -0.389 e. The number of hydrogen-bond donors (Lipinski definition) is 2. The Morgan fingerprint density at radius 1 is 0.947 bits per heavy atom. The molecule has 2 N–H and O–H groups in total. The van der Waals surface area contributed by atoms with Crippen molar-refractivity contribution in [1.29, 1.82) is 0 Å². The normalized spacial score (nSPS) is 14.1. The summed E-state index contributed by atoms with van der Waals surface area (Å²) in [4.78, 5) is 1.06. The molecular weight excluding hydrogens is 256 g/mol. The Balaban J connectivity index is 1.97. The van der Waals surface area contributed by atoms with E-state index >= 15 is 0 Å². The summed E-state index contributed by atoms with van der Waals surface area (Å²) in [7, 11) is 0. The van der Waals surface area contributed by atoms with E-state index in [9.17, 15) is 10.2 Å². The number of thioether (sulfide) groups is 1. The van der Waals surface area contributed by atoms with Gasteiger partial charge in [0, 0.05) is 10.6 Å². The van der Waals surface area contributed by atoms with Crippen LogP contribution in [0.5, 0.6) is 0 Å². The van der Waals surface area contributed by atoms with Crippen molar-refractivity contribution >= 4 is 11.8 Å². The predicted molar refractivity (Wildman–Crippen MR) is 79.2 cm³/mol. The molecule has 0 bridgehead atoms. The Kier molecular flexibility index (Phi) is 5.02. The summed E-state index contributed by atoms with van der Waals surface area (Å²) < 4.78 is 0. The molecule has 0 aliphatic carbocycles. The van der Waals surface area contributed by atoms with Gasteiger partial charge in [-0.25, -0.2) is 0 Å². The van der Waals surface area contributed by atoms with Crippen molar-refractivity contribution in [2.75, 3.05) is 5.75 Å². The molecule has 3 heteroatoms. The fourth-order valence-electron chi connectivity index (χ4n) is 1.81. The summed E-state index contributed by atoms with van der Waals surface area (Å²) >= 11 is 1.59. The van der Waals surface area contributed by atoms with Crippen LogP contribution in [0.2, 0.25) is 0 Å². The van der Waals surface area contributed by atoms with Gasteiger partial charge in [0.05, 0.1) is 12.2 Å². The summed E-state index contributed by atoms with van der Waals surface area (Å²) in [5.74, 6) is 0.604. The number of aliphatic hydroxyl groups excluding tert-OH is 2. The van der Waals surface area contributed by atoms with Crippen LogP contribution in [-0.2, 0) is 0 Å². The van der Waals surface area contributed by atoms with Gasteiger partial charge >= 0.3 is 0 Å². The Morgan fingerprint density at radius 3 is 2.32 bits per heavy atom. The van der Waals surface area contributed by atoms with Crippen molar-refractivity contribution in [3.05, 3.63) is 65.7 Å². The first kappa shape index (κ1) is 14.1. The van der Waals surface area contributed by atoms with Crippen LogP contribution in [-0.4, -0.2) is 16.0 Å². The van der Waals surface area contributed by atoms with Gasteiger partial charge in [0.15, 0.2) is 0 Å². The lowest BCUT2D eigenvalue weighted by molar-refractivity contribution is 0.199. The smallest absolute Gasteiger partial charge is 0.0883 e. The number of hydrogen-bond acceptors (Lipinski definition) is 3. The monoisotopic (exact) mass is 274 g/mol. The first-order valence-electron chi connectivity index (χ1n) is 6.30. The van der Waals surface area contributed by atoms with Crippen LogP contribution in [0.4, 0.5) is 0 Å². The van der Waals surface area contributed by atoms with Crippen LogP contribution in [0.25, 0.3) is 0 Å². The van der Waals surface area contributed by atoms with E-state index < -0.39 is 12.2 Å². The van der Waals surface area contributed by atoms with E-state index in [-0.39, 0.29) is 0 Å². The Hall–Kier alpha value is -1.29. The van der Waals surface area contributed by atoms with E-state index in [1.165, 1.54) is 0 Å². The Morgan fingerprint density at radius 2 is 1.63 bits per heavy atom. The second kappa shape index (κ2) is 6.75. The number of benzene rings is 2. The Labute approximate surface area is 118 Å². The van der Waals surface area contributed by atoms with Gasteiger partial charge in [0.2, 0.25) is 0 Å². The summed E-state index contributed by atoms with van der Waals surface area (Å²) in [6.07, 6.45) is -0.930. The van der Waals surface area contributed by atoms with Crippen LogP contribution in [0.1, 0.15) is 30.3 Å². The molecule has 0 saturated heterocycles. The molecule has 0 aromatic heterocycles. The molecule has 2 atom stereocenters. The van der Waals surface area contributed by atoms with Crippen molar-refractivity contribution in [2.45, 2.75) is 24.0 Å². The highest BCUT2D eigenvalue weighted by atomic mass is 32.2. The van der Waals surface area contributed by atoms with Gasteiger partial charge in [-0.05, 0) is 30.2 Å². The second-order valence-electron chi connectivity index (χ2n) is 4.49. The van der Waals surface area contributed by atoms with Gasteiger partial charge < -0.3 is 10.2 Å². The zero-order chi connectivity index (χ0) is 13.7. The van der Waals surface area contributed by atoms with Crippen LogP contribution in [0.3, 0.4) is 0 Å². The molecule has 0 heterocycles. The molecule has 2 unspecified atom stereocenters. The fraction of sp³-hybridized carbons (Fsp3) is 0.250. The molecule has 2 nitrogen and oxygen atoms in total. The van der Waals surface area contributed by atoms with Gasteiger partial charge in [0.1, 0.15) is 0 Å². The van der Waals surface area contributed by atoms with Gasteiger partial charge in [-0.15, -0.1) is 11.8 Å². The van der Waals surface area contributed by atoms with E-state index in [1.54, 1.807) is 18.7 Å². The number of rotatable bonds is 5. The first-order chi connectivity index (χ1) is 9.16. The lowest BCUT2D eigenvalue weighted by atomic mass is 10.1. The standard InChI is InChI=1S/C16H18O2S/c1-12(17)14-8-5-9-15(10-14)19-11-16(18)13-6-3-2-4-7-13/h2-10,12,16-18H,11H2,1H3. The van der Waals surface area contributed by atoms with Crippen LogP contribution in [0, 0.1) is 0 Å². The topological polar surface area (TPSA) is 40.5 Å². The third-order valence-corrected chi connectivity index (χ3v) is 4.00. The molecule has 0 fully saturated rings.